The Bertz CT molecular complexity index is 404. The highest BCUT2D eigenvalue weighted by Gasteiger charge is 2.21. The maximum absolute atomic E-state index is 13.3. The molecule has 0 heterocycles. The van der Waals surface area contributed by atoms with E-state index in [2.05, 4.69) is 0 Å². The highest BCUT2D eigenvalue weighted by molar-refractivity contribution is 5.79. The number of ether oxygens (including phenoxy) is 1. The maximum atomic E-state index is 13.3. The van der Waals surface area contributed by atoms with E-state index in [0.717, 1.165) is 25.0 Å². The van der Waals surface area contributed by atoms with Gasteiger partial charge in [0, 0.05) is 18.9 Å². The minimum Gasteiger partial charge on any atom is -0.487 e. The minimum absolute atomic E-state index is 0.0149. The Hall–Kier alpha value is -1.45. The van der Waals surface area contributed by atoms with Crippen LogP contribution >= 0.6 is 0 Å². The Morgan fingerprint density at radius 2 is 2.12 bits per heavy atom. The molecule has 0 aromatic heterocycles. The van der Waals surface area contributed by atoms with Crippen LogP contribution in [-0.4, -0.2) is 11.9 Å². The monoisotopic (exact) mass is 226 g/mol. The summed E-state index contributed by atoms with van der Waals surface area (Å²) in [6, 6.07) is 3.17. The highest BCUT2D eigenvalue weighted by atomic mass is 19.1. The van der Waals surface area contributed by atoms with Crippen LogP contribution in [0, 0.1) is 11.6 Å². The predicted molar refractivity (Wildman–Crippen MR) is 54.2 cm³/mol. The Balaban J connectivity index is 2.05. The smallest absolute Gasteiger partial charge is 0.167 e. The number of hydrogen-bond acceptors (Lipinski definition) is 2. The molecule has 2 rings (SSSR count). The Labute approximate surface area is 92.2 Å². The van der Waals surface area contributed by atoms with Gasteiger partial charge in [-0.2, -0.15) is 0 Å². The van der Waals surface area contributed by atoms with Crippen molar-refractivity contribution in [2.45, 2.75) is 31.8 Å². The number of hydrogen-bond donors (Lipinski definition) is 0. The van der Waals surface area contributed by atoms with E-state index in [1.807, 2.05) is 0 Å². The summed E-state index contributed by atoms with van der Waals surface area (Å²) in [6.45, 7) is 0. The first-order chi connectivity index (χ1) is 7.65. The normalized spacial score (nSPS) is 20.9. The number of benzene rings is 1. The zero-order valence-corrected chi connectivity index (χ0v) is 8.71. The molecule has 0 saturated heterocycles. The molecule has 1 aliphatic carbocycles. The second-order valence-corrected chi connectivity index (χ2v) is 3.95. The minimum atomic E-state index is -0.724. The second kappa shape index (κ2) is 4.60. The summed E-state index contributed by atoms with van der Waals surface area (Å²) in [5.74, 6) is -1.21. The van der Waals surface area contributed by atoms with Gasteiger partial charge in [-0.3, -0.25) is 4.79 Å². The van der Waals surface area contributed by atoms with Crippen LogP contribution in [0.4, 0.5) is 8.78 Å². The molecule has 0 N–H and O–H groups in total. The number of Topliss-reactive ketones (excluding diaryl/α,β-unsaturated/α-hetero) is 1. The SMILES string of the molecule is O=C1CCCC(Oc2ccc(F)cc2F)C1. The molecule has 86 valence electrons. The summed E-state index contributed by atoms with van der Waals surface area (Å²) >= 11 is 0. The molecule has 0 amide bonds. The first kappa shape index (κ1) is 11.0. The van der Waals surface area contributed by atoms with Gasteiger partial charge in [-0.25, -0.2) is 8.78 Å². The van der Waals surface area contributed by atoms with Crippen molar-refractivity contribution < 1.29 is 18.3 Å². The third-order valence-electron chi connectivity index (χ3n) is 2.62. The summed E-state index contributed by atoms with van der Waals surface area (Å²) in [7, 11) is 0. The Morgan fingerprint density at radius 3 is 2.81 bits per heavy atom. The lowest BCUT2D eigenvalue weighted by Gasteiger charge is -2.22. The number of ketones is 1. The van der Waals surface area contributed by atoms with Crippen LogP contribution < -0.4 is 4.74 Å². The largest absolute Gasteiger partial charge is 0.487 e. The summed E-state index contributed by atoms with van der Waals surface area (Å²) in [5, 5.41) is 0. The molecule has 1 aromatic carbocycles. The molecule has 4 heteroatoms. The molecular formula is C12H12F2O2. The number of rotatable bonds is 2. The average Bonchev–Trinajstić information content (AvgIpc) is 2.22. The third-order valence-corrected chi connectivity index (χ3v) is 2.62. The molecule has 1 saturated carbocycles. The van der Waals surface area contributed by atoms with Crippen LogP contribution in [-0.2, 0) is 4.79 Å². The van der Waals surface area contributed by atoms with Crippen LogP contribution in [0.25, 0.3) is 0 Å². The molecule has 1 fully saturated rings. The summed E-state index contributed by atoms with van der Waals surface area (Å²) in [6.07, 6.45) is 2.12. The quantitative estimate of drug-likeness (QED) is 0.775. The Morgan fingerprint density at radius 1 is 1.31 bits per heavy atom. The van der Waals surface area contributed by atoms with Crippen LogP contribution in [0.2, 0.25) is 0 Å². The lowest BCUT2D eigenvalue weighted by Crippen LogP contribution is -2.25. The van der Waals surface area contributed by atoms with Gasteiger partial charge < -0.3 is 4.74 Å². The van der Waals surface area contributed by atoms with E-state index in [1.165, 1.54) is 6.07 Å². The van der Waals surface area contributed by atoms with Crippen LogP contribution in [0.1, 0.15) is 25.7 Å². The van der Waals surface area contributed by atoms with E-state index in [9.17, 15) is 13.6 Å². The molecule has 1 aliphatic rings. The fraction of sp³-hybridized carbons (Fsp3) is 0.417. The van der Waals surface area contributed by atoms with Gasteiger partial charge in [-0.15, -0.1) is 0 Å². The fourth-order valence-electron chi connectivity index (χ4n) is 1.84. The van der Waals surface area contributed by atoms with Crippen LogP contribution in [0.15, 0.2) is 18.2 Å². The molecule has 0 radical (unpaired) electrons. The van der Waals surface area contributed by atoms with E-state index < -0.39 is 11.6 Å². The van der Waals surface area contributed by atoms with Gasteiger partial charge >= 0.3 is 0 Å². The first-order valence-corrected chi connectivity index (χ1v) is 5.28. The van der Waals surface area contributed by atoms with E-state index >= 15 is 0 Å². The van der Waals surface area contributed by atoms with Crippen molar-refractivity contribution in [3.8, 4) is 5.75 Å². The molecule has 1 unspecified atom stereocenters. The molecule has 2 nitrogen and oxygen atoms in total. The summed E-state index contributed by atoms with van der Waals surface area (Å²) < 4.78 is 31.2. The molecule has 1 aromatic rings. The fourth-order valence-corrected chi connectivity index (χ4v) is 1.84. The van der Waals surface area contributed by atoms with Crippen molar-refractivity contribution in [2.75, 3.05) is 0 Å². The maximum Gasteiger partial charge on any atom is 0.167 e. The first-order valence-electron chi connectivity index (χ1n) is 5.28. The van der Waals surface area contributed by atoms with Gasteiger partial charge in [0.15, 0.2) is 11.6 Å². The molecule has 1 atom stereocenters. The molecular weight excluding hydrogens is 214 g/mol. The van der Waals surface area contributed by atoms with Crippen molar-refractivity contribution >= 4 is 5.78 Å². The van der Waals surface area contributed by atoms with Crippen molar-refractivity contribution in [1.82, 2.24) is 0 Å². The second-order valence-electron chi connectivity index (χ2n) is 3.95. The van der Waals surface area contributed by atoms with Crippen molar-refractivity contribution in [3.05, 3.63) is 29.8 Å². The zero-order valence-electron chi connectivity index (χ0n) is 8.71. The lowest BCUT2D eigenvalue weighted by molar-refractivity contribution is -0.122. The van der Waals surface area contributed by atoms with Gasteiger partial charge in [0.2, 0.25) is 0 Å². The lowest BCUT2D eigenvalue weighted by atomic mass is 9.96. The summed E-state index contributed by atoms with van der Waals surface area (Å²) in [4.78, 5) is 11.2. The average molecular weight is 226 g/mol. The van der Waals surface area contributed by atoms with E-state index in [-0.39, 0.29) is 17.6 Å². The molecule has 16 heavy (non-hydrogen) atoms. The van der Waals surface area contributed by atoms with E-state index in [1.54, 1.807) is 0 Å². The van der Waals surface area contributed by atoms with E-state index in [0.29, 0.717) is 12.8 Å². The summed E-state index contributed by atoms with van der Waals surface area (Å²) in [5.41, 5.74) is 0. The predicted octanol–water partition coefficient (Wildman–Crippen LogP) is 2.86. The molecule has 0 spiro atoms. The number of carbonyl (C=O) groups is 1. The molecule has 0 aliphatic heterocycles. The van der Waals surface area contributed by atoms with Crippen molar-refractivity contribution in [1.29, 1.82) is 0 Å². The van der Waals surface area contributed by atoms with Gasteiger partial charge in [-0.05, 0) is 25.0 Å². The van der Waals surface area contributed by atoms with Gasteiger partial charge in [0.1, 0.15) is 17.7 Å². The molecule has 0 bridgehead atoms. The van der Waals surface area contributed by atoms with Crippen molar-refractivity contribution in [3.63, 3.8) is 0 Å². The van der Waals surface area contributed by atoms with E-state index in [4.69, 9.17) is 4.74 Å². The van der Waals surface area contributed by atoms with Crippen LogP contribution in [0.3, 0.4) is 0 Å². The van der Waals surface area contributed by atoms with Crippen LogP contribution in [0.5, 0.6) is 5.75 Å². The number of halogens is 2. The van der Waals surface area contributed by atoms with Gasteiger partial charge in [0.05, 0.1) is 0 Å². The topological polar surface area (TPSA) is 26.3 Å². The third kappa shape index (κ3) is 2.56. The Kier molecular flexibility index (Phi) is 3.17. The van der Waals surface area contributed by atoms with Gasteiger partial charge in [0.25, 0.3) is 0 Å². The highest BCUT2D eigenvalue weighted by Crippen LogP contribution is 2.24. The van der Waals surface area contributed by atoms with Gasteiger partial charge in [-0.1, -0.05) is 0 Å². The number of carbonyl (C=O) groups excluding carboxylic acids is 1. The zero-order chi connectivity index (χ0) is 11.5. The van der Waals surface area contributed by atoms with Crippen molar-refractivity contribution in [2.24, 2.45) is 0 Å². The standard InChI is InChI=1S/C12H12F2O2/c13-8-4-5-12(11(14)6-8)16-10-3-1-2-9(15)7-10/h4-6,10H,1-3,7H2.